The third-order valence-electron chi connectivity index (χ3n) is 1.65. The highest BCUT2D eigenvalue weighted by Gasteiger charge is 2.04. The number of rotatable bonds is 2. The minimum Gasteiger partial charge on any atom is -0.508 e. The van der Waals surface area contributed by atoms with Gasteiger partial charge in [-0.2, -0.15) is 0 Å². The van der Waals surface area contributed by atoms with Crippen molar-refractivity contribution in [1.82, 2.24) is 0 Å². The van der Waals surface area contributed by atoms with Crippen LogP contribution in [0.4, 0.5) is 4.39 Å². The molecule has 1 nitrogen and oxygen atoms in total. The van der Waals surface area contributed by atoms with E-state index in [1.807, 2.05) is 13.0 Å². The maximum Gasteiger partial charge on any atom is 0.130 e. The number of aromatic hydroxyl groups is 1. The van der Waals surface area contributed by atoms with E-state index in [2.05, 4.69) is 0 Å². The summed E-state index contributed by atoms with van der Waals surface area (Å²) < 4.78 is 13.0. The molecular formula is C10H11FO. The number of hydrogen-bond acceptors (Lipinski definition) is 1. The number of benzene rings is 1. The topological polar surface area (TPSA) is 20.2 Å². The SMILES string of the molecule is C/C=C/Cc1c(O)cccc1F. The molecule has 1 aromatic rings. The summed E-state index contributed by atoms with van der Waals surface area (Å²) in [4.78, 5) is 0. The van der Waals surface area contributed by atoms with Crippen LogP contribution >= 0.6 is 0 Å². The van der Waals surface area contributed by atoms with Gasteiger partial charge >= 0.3 is 0 Å². The molecule has 0 heterocycles. The van der Waals surface area contributed by atoms with Crippen molar-refractivity contribution in [3.05, 3.63) is 41.7 Å². The zero-order chi connectivity index (χ0) is 8.97. The first-order chi connectivity index (χ1) is 5.75. The Kier molecular flexibility index (Phi) is 2.86. The summed E-state index contributed by atoms with van der Waals surface area (Å²) in [7, 11) is 0. The van der Waals surface area contributed by atoms with Crippen LogP contribution in [-0.4, -0.2) is 5.11 Å². The lowest BCUT2D eigenvalue weighted by molar-refractivity contribution is 0.461. The first-order valence-electron chi connectivity index (χ1n) is 3.83. The van der Waals surface area contributed by atoms with E-state index >= 15 is 0 Å². The average Bonchev–Trinajstić information content (AvgIpc) is 2.04. The number of phenols is 1. The van der Waals surface area contributed by atoms with E-state index in [0.29, 0.717) is 12.0 Å². The van der Waals surface area contributed by atoms with Crippen LogP contribution in [0.2, 0.25) is 0 Å². The van der Waals surface area contributed by atoms with Crippen LogP contribution in [0.3, 0.4) is 0 Å². The first kappa shape index (κ1) is 8.78. The van der Waals surface area contributed by atoms with E-state index in [0.717, 1.165) is 0 Å². The summed E-state index contributed by atoms with van der Waals surface area (Å²) in [6.45, 7) is 1.86. The van der Waals surface area contributed by atoms with Crippen LogP contribution in [0.5, 0.6) is 5.75 Å². The second-order valence-corrected chi connectivity index (χ2v) is 2.51. The molecule has 12 heavy (non-hydrogen) atoms. The van der Waals surface area contributed by atoms with E-state index < -0.39 is 0 Å². The molecule has 0 spiro atoms. The fourth-order valence-corrected chi connectivity index (χ4v) is 0.985. The molecule has 0 aliphatic rings. The molecule has 0 saturated carbocycles. The molecule has 0 amide bonds. The van der Waals surface area contributed by atoms with Crippen molar-refractivity contribution in [3.63, 3.8) is 0 Å². The van der Waals surface area contributed by atoms with Gasteiger partial charge in [0.15, 0.2) is 0 Å². The minimum absolute atomic E-state index is 0.0214. The molecule has 1 rings (SSSR count). The van der Waals surface area contributed by atoms with Gasteiger partial charge in [-0.15, -0.1) is 0 Å². The predicted molar refractivity (Wildman–Crippen MR) is 46.6 cm³/mol. The van der Waals surface area contributed by atoms with Gasteiger partial charge in [0.1, 0.15) is 11.6 Å². The molecule has 0 saturated heterocycles. The van der Waals surface area contributed by atoms with Gasteiger partial charge in [-0.25, -0.2) is 4.39 Å². The van der Waals surface area contributed by atoms with Gasteiger partial charge in [0.25, 0.3) is 0 Å². The van der Waals surface area contributed by atoms with Gasteiger partial charge in [0.2, 0.25) is 0 Å². The van der Waals surface area contributed by atoms with Gasteiger partial charge in [-0.3, -0.25) is 0 Å². The number of allylic oxidation sites excluding steroid dienone is 2. The number of halogens is 1. The molecule has 0 bridgehead atoms. The Morgan fingerprint density at radius 2 is 2.25 bits per heavy atom. The lowest BCUT2D eigenvalue weighted by atomic mass is 10.1. The van der Waals surface area contributed by atoms with E-state index in [9.17, 15) is 9.50 Å². The van der Waals surface area contributed by atoms with Gasteiger partial charge in [0.05, 0.1) is 0 Å². The lowest BCUT2D eigenvalue weighted by Gasteiger charge is -2.01. The zero-order valence-corrected chi connectivity index (χ0v) is 6.92. The lowest BCUT2D eigenvalue weighted by Crippen LogP contribution is -1.87. The Morgan fingerprint density at radius 1 is 1.50 bits per heavy atom. The highest BCUT2D eigenvalue weighted by Crippen LogP contribution is 2.20. The zero-order valence-electron chi connectivity index (χ0n) is 6.92. The van der Waals surface area contributed by atoms with Crippen LogP contribution < -0.4 is 0 Å². The van der Waals surface area contributed by atoms with E-state index in [-0.39, 0.29) is 11.6 Å². The normalized spacial score (nSPS) is 10.8. The fourth-order valence-electron chi connectivity index (χ4n) is 0.985. The molecule has 0 aromatic heterocycles. The maximum absolute atomic E-state index is 13.0. The van der Waals surface area contributed by atoms with Crippen LogP contribution in [0.15, 0.2) is 30.4 Å². The van der Waals surface area contributed by atoms with E-state index in [1.165, 1.54) is 18.2 Å². The molecule has 2 heteroatoms. The van der Waals surface area contributed by atoms with Crippen LogP contribution in [-0.2, 0) is 6.42 Å². The van der Waals surface area contributed by atoms with Crippen LogP contribution in [0, 0.1) is 5.82 Å². The second kappa shape index (κ2) is 3.90. The fraction of sp³-hybridized carbons (Fsp3) is 0.200. The van der Waals surface area contributed by atoms with Gasteiger partial charge in [0, 0.05) is 5.56 Å². The van der Waals surface area contributed by atoms with Crippen molar-refractivity contribution >= 4 is 0 Å². The summed E-state index contributed by atoms with van der Waals surface area (Å²) in [5.41, 5.74) is 0.357. The van der Waals surface area contributed by atoms with Gasteiger partial charge in [-0.1, -0.05) is 18.2 Å². The summed E-state index contributed by atoms with van der Waals surface area (Å²) in [5, 5.41) is 9.24. The Balaban J connectivity index is 2.96. The molecule has 0 fully saturated rings. The van der Waals surface area contributed by atoms with E-state index in [4.69, 9.17) is 0 Å². The van der Waals surface area contributed by atoms with Gasteiger partial charge in [-0.05, 0) is 25.5 Å². The highest BCUT2D eigenvalue weighted by atomic mass is 19.1. The van der Waals surface area contributed by atoms with Crippen molar-refractivity contribution in [2.75, 3.05) is 0 Å². The second-order valence-electron chi connectivity index (χ2n) is 2.51. The quantitative estimate of drug-likeness (QED) is 0.669. The van der Waals surface area contributed by atoms with E-state index in [1.54, 1.807) is 6.08 Å². The molecule has 64 valence electrons. The molecule has 0 aliphatic heterocycles. The molecule has 0 atom stereocenters. The molecule has 1 N–H and O–H groups in total. The summed E-state index contributed by atoms with van der Waals surface area (Å²) in [5.74, 6) is -0.332. The molecular weight excluding hydrogens is 155 g/mol. The molecule has 1 aromatic carbocycles. The van der Waals surface area contributed by atoms with Crippen molar-refractivity contribution in [2.45, 2.75) is 13.3 Å². The summed E-state index contributed by atoms with van der Waals surface area (Å²) >= 11 is 0. The average molecular weight is 166 g/mol. The third-order valence-corrected chi connectivity index (χ3v) is 1.65. The van der Waals surface area contributed by atoms with Crippen molar-refractivity contribution < 1.29 is 9.50 Å². The van der Waals surface area contributed by atoms with Gasteiger partial charge < -0.3 is 5.11 Å². The molecule has 0 radical (unpaired) electrons. The Morgan fingerprint density at radius 3 is 2.83 bits per heavy atom. The number of phenolic OH excluding ortho intramolecular Hbond substituents is 1. The maximum atomic E-state index is 13.0. The summed E-state index contributed by atoms with van der Waals surface area (Å²) in [6.07, 6.45) is 4.07. The van der Waals surface area contributed by atoms with Crippen molar-refractivity contribution in [1.29, 1.82) is 0 Å². The summed E-state index contributed by atoms with van der Waals surface area (Å²) in [6, 6.07) is 4.32. The third kappa shape index (κ3) is 1.84. The molecule has 0 unspecified atom stereocenters. The van der Waals surface area contributed by atoms with Crippen LogP contribution in [0.25, 0.3) is 0 Å². The Hall–Kier alpha value is -1.31. The minimum atomic E-state index is -0.354. The first-order valence-corrected chi connectivity index (χ1v) is 3.83. The van der Waals surface area contributed by atoms with Crippen LogP contribution in [0.1, 0.15) is 12.5 Å². The smallest absolute Gasteiger partial charge is 0.130 e. The highest BCUT2D eigenvalue weighted by molar-refractivity contribution is 5.34. The predicted octanol–water partition coefficient (Wildman–Crippen LogP) is 2.65. The number of hydrogen-bond donors (Lipinski definition) is 1. The largest absolute Gasteiger partial charge is 0.508 e. The van der Waals surface area contributed by atoms with Crippen molar-refractivity contribution in [2.24, 2.45) is 0 Å². The Bertz CT molecular complexity index is 272. The standard InChI is InChI=1S/C10H11FO/c1-2-3-5-8-9(11)6-4-7-10(8)12/h2-4,6-7,12H,5H2,1H3/b3-2+. The Labute approximate surface area is 71.2 Å². The van der Waals surface area contributed by atoms with Crippen molar-refractivity contribution in [3.8, 4) is 5.75 Å². The molecule has 0 aliphatic carbocycles. The monoisotopic (exact) mass is 166 g/mol.